The number of alkyl halides is 2. The first-order valence-electron chi connectivity index (χ1n) is 2.82. The van der Waals surface area contributed by atoms with Gasteiger partial charge in [-0.3, -0.25) is 0 Å². The average Bonchev–Trinajstić information content (AvgIpc) is 1.96. The summed E-state index contributed by atoms with van der Waals surface area (Å²) >= 11 is 4.46. The Morgan fingerprint density at radius 2 is 2.08 bits per heavy atom. The predicted molar refractivity (Wildman–Crippen MR) is 49.6 cm³/mol. The smallest absolute Gasteiger partial charge is 0.232 e. The van der Waals surface area contributed by atoms with Gasteiger partial charge in [0.15, 0.2) is 5.82 Å². The first-order chi connectivity index (χ1) is 5.52. The van der Waals surface area contributed by atoms with E-state index in [-0.39, 0.29) is 8.30 Å². The fraction of sp³-hybridized carbons (Fsp3) is 0.167. The van der Waals surface area contributed by atoms with Crippen LogP contribution < -0.4 is 0 Å². The van der Waals surface area contributed by atoms with E-state index in [1.165, 1.54) is 0 Å². The Bertz CT molecular complexity index is 305. The molecule has 0 radical (unpaired) electrons. The third-order valence-corrected chi connectivity index (χ3v) is 2.27. The van der Waals surface area contributed by atoms with Crippen molar-refractivity contribution in [1.29, 1.82) is 0 Å². The van der Waals surface area contributed by atoms with Gasteiger partial charge in [-0.2, -0.15) is 0 Å². The van der Waals surface area contributed by atoms with Gasteiger partial charge >= 0.3 is 0 Å². The van der Waals surface area contributed by atoms with E-state index in [4.69, 9.17) is 0 Å². The first-order valence-corrected chi connectivity index (χ1v) is 4.69. The van der Waals surface area contributed by atoms with Gasteiger partial charge in [0.05, 0.1) is 5.56 Å². The van der Waals surface area contributed by atoms with E-state index < -0.39 is 17.8 Å². The van der Waals surface area contributed by atoms with Crippen LogP contribution in [0.3, 0.4) is 0 Å². The molecule has 1 heterocycles. The predicted octanol–water partition coefficient (Wildman–Crippen LogP) is 3.53. The third kappa shape index (κ3) is 2.09. The minimum atomic E-state index is -2.81. The molecule has 1 rings (SSSR count). The van der Waals surface area contributed by atoms with Gasteiger partial charge in [0.2, 0.25) is 0 Å². The van der Waals surface area contributed by atoms with Gasteiger partial charge in [-0.05, 0) is 44.6 Å². The van der Waals surface area contributed by atoms with Crippen molar-refractivity contribution in [3.8, 4) is 0 Å². The Morgan fingerprint density at radius 1 is 1.50 bits per heavy atom. The molecule has 0 amide bonds. The van der Waals surface area contributed by atoms with E-state index >= 15 is 0 Å². The Hall–Kier alpha value is 0.150. The van der Waals surface area contributed by atoms with E-state index in [0.29, 0.717) is 0 Å². The standard InChI is InChI=1S/C6H2BrF3IN/c7-3-1-2(5(9)10)4(8)6(11)12-3/h1,5H. The lowest BCUT2D eigenvalue weighted by molar-refractivity contribution is 0.145. The summed E-state index contributed by atoms with van der Waals surface area (Å²) in [6.07, 6.45) is -2.81. The molecule has 0 aromatic carbocycles. The number of nitrogens with zero attached hydrogens (tertiary/aromatic N) is 1. The molecule has 0 saturated carbocycles. The van der Waals surface area contributed by atoms with Crippen LogP contribution in [0, 0.1) is 9.52 Å². The molecule has 0 atom stereocenters. The molecule has 0 aliphatic rings. The van der Waals surface area contributed by atoms with Crippen LogP contribution >= 0.6 is 38.5 Å². The molecule has 1 aromatic rings. The molecule has 0 fully saturated rings. The Labute approximate surface area is 88.6 Å². The van der Waals surface area contributed by atoms with Crippen LogP contribution in [0.4, 0.5) is 13.2 Å². The van der Waals surface area contributed by atoms with Gasteiger partial charge in [-0.25, -0.2) is 18.2 Å². The second-order valence-corrected chi connectivity index (χ2v) is 3.77. The highest BCUT2D eigenvalue weighted by Crippen LogP contribution is 2.26. The maximum Gasteiger partial charge on any atom is 0.266 e. The summed E-state index contributed by atoms with van der Waals surface area (Å²) in [5.41, 5.74) is -0.624. The zero-order chi connectivity index (χ0) is 9.30. The molecule has 1 aromatic heterocycles. The molecule has 12 heavy (non-hydrogen) atoms. The summed E-state index contributed by atoms with van der Waals surface area (Å²) in [6.45, 7) is 0. The number of pyridine rings is 1. The highest BCUT2D eigenvalue weighted by Gasteiger charge is 2.17. The molecule has 0 aliphatic carbocycles. The van der Waals surface area contributed by atoms with Gasteiger partial charge in [0, 0.05) is 0 Å². The lowest BCUT2D eigenvalue weighted by Gasteiger charge is -2.03. The minimum Gasteiger partial charge on any atom is -0.232 e. The summed E-state index contributed by atoms with van der Waals surface area (Å²) < 4.78 is 37.2. The van der Waals surface area contributed by atoms with Gasteiger partial charge in [0.25, 0.3) is 6.43 Å². The highest BCUT2D eigenvalue weighted by atomic mass is 127. The van der Waals surface area contributed by atoms with Crippen molar-refractivity contribution in [3.63, 3.8) is 0 Å². The van der Waals surface area contributed by atoms with E-state index in [2.05, 4.69) is 20.9 Å². The summed E-state index contributed by atoms with van der Waals surface area (Å²) in [5, 5.41) is 0. The topological polar surface area (TPSA) is 12.9 Å². The van der Waals surface area contributed by atoms with Crippen molar-refractivity contribution >= 4 is 38.5 Å². The van der Waals surface area contributed by atoms with Gasteiger partial charge in [-0.1, -0.05) is 0 Å². The molecule has 0 aliphatic heterocycles. The van der Waals surface area contributed by atoms with Crippen LogP contribution in [-0.2, 0) is 0 Å². The Kier molecular flexibility index (Phi) is 3.33. The molecule has 0 bridgehead atoms. The van der Waals surface area contributed by atoms with E-state index in [0.717, 1.165) is 6.07 Å². The van der Waals surface area contributed by atoms with Crippen LogP contribution in [0.1, 0.15) is 12.0 Å². The normalized spacial score (nSPS) is 10.8. The monoisotopic (exact) mass is 351 g/mol. The van der Waals surface area contributed by atoms with E-state index in [9.17, 15) is 13.2 Å². The fourth-order valence-electron chi connectivity index (χ4n) is 0.645. The maximum atomic E-state index is 12.9. The van der Waals surface area contributed by atoms with Crippen LogP contribution in [0.15, 0.2) is 10.7 Å². The first kappa shape index (κ1) is 10.2. The van der Waals surface area contributed by atoms with E-state index in [1.807, 2.05) is 0 Å². The third-order valence-electron chi connectivity index (χ3n) is 1.15. The average molecular weight is 352 g/mol. The van der Waals surface area contributed by atoms with Crippen molar-refractivity contribution in [2.45, 2.75) is 6.43 Å². The van der Waals surface area contributed by atoms with E-state index in [1.54, 1.807) is 22.6 Å². The molecule has 0 saturated heterocycles. The number of hydrogen-bond acceptors (Lipinski definition) is 1. The van der Waals surface area contributed by atoms with Gasteiger partial charge < -0.3 is 0 Å². The zero-order valence-electron chi connectivity index (χ0n) is 5.49. The van der Waals surface area contributed by atoms with Gasteiger partial charge in [-0.15, -0.1) is 0 Å². The van der Waals surface area contributed by atoms with Crippen molar-refractivity contribution in [2.24, 2.45) is 0 Å². The lowest BCUT2D eigenvalue weighted by Crippen LogP contribution is -1.97. The fourth-order valence-corrected chi connectivity index (χ4v) is 1.97. The number of aromatic nitrogens is 1. The molecule has 0 N–H and O–H groups in total. The summed E-state index contributed by atoms with van der Waals surface area (Å²) in [7, 11) is 0. The Morgan fingerprint density at radius 3 is 2.58 bits per heavy atom. The second-order valence-electron chi connectivity index (χ2n) is 1.94. The summed E-state index contributed by atoms with van der Waals surface area (Å²) in [6, 6.07) is 0.974. The second kappa shape index (κ2) is 3.91. The number of rotatable bonds is 1. The van der Waals surface area contributed by atoms with Crippen LogP contribution in [0.25, 0.3) is 0 Å². The molecule has 0 unspecified atom stereocenters. The van der Waals surface area contributed by atoms with Gasteiger partial charge in [0.1, 0.15) is 8.30 Å². The SMILES string of the molecule is Fc1c(C(F)F)cc(Br)nc1I. The highest BCUT2D eigenvalue weighted by molar-refractivity contribution is 14.1. The minimum absolute atomic E-state index is 0.0581. The summed E-state index contributed by atoms with van der Waals surface area (Å²) in [4.78, 5) is 3.61. The van der Waals surface area contributed by atoms with Crippen molar-refractivity contribution in [2.75, 3.05) is 0 Å². The molecular formula is C6H2BrF3IN. The Balaban J connectivity index is 3.28. The largest absolute Gasteiger partial charge is 0.266 e. The van der Waals surface area contributed by atoms with Crippen LogP contribution in [0.5, 0.6) is 0 Å². The van der Waals surface area contributed by atoms with Crippen molar-refractivity contribution in [1.82, 2.24) is 4.98 Å². The molecule has 6 heteroatoms. The lowest BCUT2D eigenvalue weighted by atomic mass is 10.3. The summed E-state index contributed by atoms with van der Waals surface area (Å²) in [5.74, 6) is -0.950. The zero-order valence-corrected chi connectivity index (χ0v) is 9.24. The number of hydrogen-bond donors (Lipinski definition) is 0. The molecule has 1 nitrogen and oxygen atoms in total. The van der Waals surface area contributed by atoms with Crippen LogP contribution in [-0.4, -0.2) is 4.98 Å². The molecule has 0 spiro atoms. The van der Waals surface area contributed by atoms with Crippen LogP contribution in [0.2, 0.25) is 0 Å². The maximum absolute atomic E-state index is 12.9. The molecular weight excluding hydrogens is 350 g/mol. The number of halogens is 5. The van der Waals surface area contributed by atoms with Crippen molar-refractivity contribution < 1.29 is 13.2 Å². The molecule has 66 valence electrons. The quantitative estimate of drug-likeness (QED) is 0.557. The van der Waals surface area contributed by atoms with Crippen molar-refractivity contribution in [3.05, 3.63) is 25.8 Å².